The summed E-state index contributed by atoms with van der Waals surface area (Å²) in [7, 11) is 0. The van der Waals surface area contributed by atoms with Crippen LogP contribution in [0.25, 0.3) is 11.1 Å². The SMILES string of the molecule is C=CCNC(=O)c1ccncc1-c1ccccc1. The highest BCUT2D eigenvalue weighted by molar-refractivity contribution is 6.00. The Balaban J connectivity index is 2.37. The maximum atomic E-state index is 12.0. The van der Waals surface area contributed by atoms with Gasteiger partial charge in [-0.05, 0) is 11.6 Å². The predicted octanol–water partition coefficient (Wildman–Crippen LogP) is 2.66. The summed E-state index contributed by atoms with van der Waals surface area (Å²) in [5.74, 6) is -0.115. The van der Waals surface area contributed by atoms with Gasteiger partial charge in [-0.1, -0.05) is 36.4 Å². The Morgan fingerprint density at radius 1 is 1.28 bits per heavy atom. The van der Waals surface area contributed by atoms with Crippen molar-refractivity contribution in [2.75, 3.05) is 6.54 Å². The molecule has 18 heavy (non-hydrogen) atoms. The van der Waals surface area contributed by atoms with Crippen LogP contribution < -0.4 is 5.32 Å². The molecule has 1 N–H and O–H groups in total. The molecule has 0 fully saturated rings. The van der Waals surface area contributed by atoms with Gasteiger partial charge in [0.05, 0.1) is 5.56 Å². The number of amides is 1. The summed E-state index contributed by atoms with van der Waals surface area (Å²) in [4.78, 5) is 16.1. The first-order valence-electron chi connectivity index (χ1n) is 5.71. The smallest absolute Gasteiger partial charge is 0.252 e. The zero-order chi connectivity index (χ0) is 12.8. The molecule has 2 aromatic rings. The second-order valence-corrected chi connectivity index (χ2v) is 3.79. The predicted molar refractivity (Wildman–Crippen MR) is 72.2 cm³/mol. The molecule has 1 heterocycles. The van der Waals surface area contributed by atoms with Gasteiger partial charge in [-0.15, -0.1) is 6.58 Å². The zero-order valence-electron chi connectivity index (χ0n) is 9.97. The number of hydrogen-bond acceptors (Lipinski definition) is 2. The first-order valence-corrected chi connectivity index (χ1v) is 5.71. The van der Waals surface area contributed by atoms with Gasteiger partial charge in [0.15, 0.2) is 0 Å². The van der Waals surface area contributed by atoms with Crippen LogP contribution in [0.3, 0.4) is 0 Å². The van der Waals surface area contributed by atoms with Crippen molar-refractivity contribution in [3.63, 3.8) is 0 Å². The van der Waals surface area contributed by atoms with Crippen molar-refractivity contribution in [1.82, 2.24) is 10.3 Å². The maximum absolute atomic E-state index is 12.0. The Bertz CT molecular complexity index is 549. The highest BCUT2D eigenvalue weighted by Crippen LogP contribution is 2.22. The maximum Gasteiger partial charge on any atom is 0.252 e. The van der Waals surface area contributed by atoms with Gasteiger partial charge in [-0.2, -0.15) is 0 Å². The third kappa shape index (κ3) is 2.63. The van der Waals surface area contributed by atoms with E-state index in [1.165, 1.54) is 0 Å². The van der Waals surface area contributed by atoms with Crippen LogP contribution in [0, 0.1) is 0 Å². The van der Waals surface area contributed by atoms with Gasteiger partial charge in [0, 0.05) is 24.5 Å². The monoisotopic (exact) mass is 238 g/mol. The van der Waals surface area contributed by atoms with Crippen LogP contribution in [0.15, 0.2) is 61.4 Å². The largest absolute Gasteiger partial charge is 0.349 e. The lowest BCUT2D eigenvalue weighted by molar-refractivity contribution is 0.0958. The fraction of sp³-hybridized carbons (Fsp3) is 0.0667. The van der Waals surface area contributed by atoms with Gasteiger partial charge in [-0.3, -0.25) is 9.78 Å². The van der Waals surface area contributed by atoms with E-state index in [4.69, 9.17) is 0 Å². The van der Waals surface area contributed by atoms with Crippen LogP contribution in [-0.4, -0.2) is 17.4 Å². The summed E-state index contributed by atoms with van der Waals surface area (Å²) in [5.41, 5.74) is 2.44. The zero-order valence-corrected chi connectivity index (χ0v) is 9.97. The van der Waals surface area contributed by atoms with Crippen LogP contribution >= 0.6 is 0 Å². The highest BCUT2D eigenvalue weighted by Gasteiger charge is 2.11. The number of aromatic nitrogens is 1. The number of pyridine rings is 1. The van der Waals surface area contributed by atoms with Crippen molar-refractivity contribution >= 4 is 5.91 Å². The third-order valence-corrected chi connectivity index (χ3v) is 2.56. The van der Waals surface area contributed by atoms with Gasteiger partial charge in [-0.25, -0.2) is 0 Å². The van der Waals surface area contributed by atoms with Crippen molar-refractivity contribution in [2.45, 2.75) is 0 Å². The minimum absolute atomic E-state index is 0.115. The van der Waals surface area contributed by atoms with Crippen LogP contribution in [-0.2, 0) is 0 Å². The molecular formula is C15H14N2O. The Labute approximate surface area is 106 Å². The summed E-state index contributed by atoms with van der Waals surface area (Å²) in [6.07, 6.45) is 4.98. The van der Waals surface area contributed by atoms with E-state index in [1.54, 1.807) is 24.5 Å². The quantitative estimate of drug-likeness (QED) is 0.832. The van der Waals surface area contributed by atoms with E-state index >= 15 is 0 Å². The Hall–Kier alpha value is -2.42. The topological polar surface area (TPSA) is 42.0 Å². The number of hydrogen-bond donors (Lipinski definition) is 1. The van der Waals surface area contributed by atoms with E-state index in [0.717, 1.165) is 11.1 Å². The van der Waals surface area contributed by atoms with Crippen LogP contribution in [0.5, 0.6) is 0 Å². The average molecular weight is 238 g/mol. The molecule has 0 radical (unpaired) electrons. The lowest BCUT2D eigenvalue weighted by Gasteiger charge is -2.08. The van der Waals surface area contributed by atoms with Crippen LogP contribution in [0.2, 0.25) is 0 Å². The molecule has 0 saturated heterocycles. The van der Waals surface area contributed by atoms with Gasteiger partial charge in [0.1, 0.15) is 0 Å². The number of rotatable bonds is 4. The molecule has 0 atom stereocenters. The highest BCUT2D eigenvalue weighted by atomic mass is 16.1. The summed E-state index contributed by atoms with van der Waals surface area (Å²) < 4.78 is 0. The number of benzene rings is 1. The minimum Gasteiger partial charge on any atom is -0.349 e. The molecule has 2 rings (SSSR count). The molecular weight excluding hydrogens is 224 g/mol. The Kier molecular flexibility index (Phi) is 3.86. The number of carbonyl (C=O) groups is 1. The summed E-state index contributed by atoms with van der Waals surface area (Å²) >= 11 is 0. The van der Waals surface area contributed by atoms with Gasteiger partial charge >= 0.3 is 0 Å². The molecule has 0 bridgehead atoms. The van der Waals surface area contributed by atoms with E-state index in [-0.39, 0.29) is 5.91 Å². The molecule has 3 nitrogen and oxygen atoms in total. The van der Waals surface area contributed by atoms with Crippen molar-refractivity contribution in [1.29, 1.82) is 0 Å². The number of nitrogens with one attached hydrogen (secondary N) is 1. The van der Waals surface area contributed by atoms with E-state index in [9.17, 15) is 4.79 Å². The summed E-state index contributed by atoms with van der Waals surface area (Å²) in [6, 6.07) is 11.5. The third-order valence-electron chi connectivity index (χ3n) is 2.56. The first-order chi connectivity index (χ1) is 8.83. The normalized spacial score (nSPS) is 9.78. The van der Waals surface area contributed by atoms with E-state index in [2.05, 4.69) is 16.9 Å². The summed E-state index contributed by atoms with van der Waals surface area (Å²) in [6.45, 7) is 4.03. The van der Waals surface area contributed by atoms with Crippen molar-refractivity contribution in [3.05, 3.63) is 67.0 Å². The van der Waals surface area contributed by atoms with E-state index in [0.29, 0.717) is 12.1 Å². The molecule has 0 aliphatic rings. The van der Waals surface area contributed by atoms with E-state index < -0.39 is 0 Å². The molecule has 0 saturated carbocycles. The second-order valence-electron chi connectivity index (χ2n) is 3.79. The van der Waals surface area contributed by atoms with E-state index in [1.807, 2.05) is 30.3 Å². The molecule has 90 valence electrons. The number of nitrogens with zero attached hydrogens (tertiary/aromatic N) is 1. The molecule has 0 spiro atoms. The van der Waals surface area contributed by atoms with Crippen molar-refractivity contribution in [2.24, 2.45) is 0 Å². The average Bonchev–Trinajstić information content (AvgIpc) is 2.45. The molecule has 0 unspecified atom stereocenters. The van der Waals surface area contributed by atoms with Crippen LogP contribution in [0.4, 0.5) is 0 Å². The fourth-order valence-corrected chi connectivity index (χ4v) is 1.70. The Morgan fingerprint density at radius 3 is 2.78 bits per heavy atom. The molecule has 1 amide bonds. The lowest BCUT2D eigenvalue weighted by Crippen LogP contribution is -2.23. The second kappa shape index (κ2) is 5.77. The van der Waals surface area contributed by atoms with Crippen molar-refractivity contribution in [3.8, 4) is 11.1 Å². The Morgan fingerprint density at radius 2 is 2.06 bits per heavy atom. The lowest BCUT2D eigenvalue weighted by atomic mass is 10.0. The van der Waals surface area contributed by atoms with Gasteiger partial charge in [0.25, 0.3) is 5.91 Å². The van der Waals surface area contributed by atoms with Gasteiger partial charge < -0.3 is 5.32 Å². The fourth-order valence-electron chi connectivity index (χ4n) is 1.70. The summed E-state index contributed by atoms with van der Waals surface area (Å²) in [5, 5.41) is 2.77. The molecule has 1 aromatic heterocycles. The first kappa shape index (κ1) is 12.0. The minimum atomic E-state index is -0.115. The molecule has 3 heteroatoms. The standard InChI is InChI=1S/C15H14N2O/c1-2-9-17-15(18)13-8-10-16-11-14(13)12-6-4-3-5-7-12/h2-8,10-11H,1,9H2,(H,17,18). The molecule has 0 aliphatic heterocycles. The number of carbonyl (C=O) groups excluding carboxylic acids is 1. The van der Waals surface area contributed by atoms with Crippen molar-refractivity contribution < 1.29 is 4.79 Å². The molecule has 1 aromatic carbocycles. The van der Waals surface area contributed by atoms with Gasteiger partial charge in [0.2, 0.25) is 0 Å². The molecule has 0 aliphatic carbocycles. The van der Waals surface area contributed by atoms with Crippen LogP contribution in [0.1, 0.15) is 10.4 Å².